The number of pyridine rings is 1. The third kappa shape index (κ3) is 7.36. The molecule has 2 N–H and O–H groups in total. The SMILES string of the molecule is CN=C(NCc1ccnc(OCC2CC2)c1)NCC(C)(C)N1CCOCC1.I. The highest BCUT2D eigenvalue weighted by molar-refractivity contribution is 14.0. The van der Waals surface area contributed by atoms with Gasteiger partial charge in [0, 0.05) is 51.0 Å². The summed E-state index contributed by atoms with van der Waals surface area (Å²) in [6, 6.07) is 4.00. The monoisotopic (exact) mass is 503 g/mol. The number of halogens is 1. The molecule has 1 saturated heterocycles. The highest BCUT2D eigenvalue weighted by Gasteiger charge is 2.28. The molecule has 158 valence electrons. The Kier molecular flexibility index (Phi) is 9.23. The Morgan fingerprint density at radius 2 is 2.07 bits per heavy atom. The van der Waals surface area contributed by atoms with Crippen molar-refractivity contribution in [1.82, 2.24) is 20.5 Å². The minimum Gasteiger partial charge on any atom is -0.477 e. The second-order valence-corrected chi connectivity index (χ2v) is 7.95. The standard InChI is InChI=1S/C20H33N5O2.HI/c1-20(2,25-8-10-26-11-9-25)15-24-19(21-3)23-13-17-6-7-22-18(12-17)27-14-16-4-5-16;/h6-7,12,16H,4-5,8-11,13-15H2,1-3H3,(H2,21,23,24);1H. The lowest BCUT2D eigenvalue weighted by Gasteiger charge is -2.41. The van der Waals surface area contributed by atoms with Gasteiger partial charge < -0.3 is 20.1 Å². The maximum absolute atomic E-state index is 5.76. The average Bonchev–Trinajstić information content (AvgIpc) is 3.52. The van der Waals surface area contributed by atoms with E-state index in [4.69, 9.17) is 9.47 Å². The van der Waals surface area contributed by atoms with Crippen LogP contribution in [0.2, 0.25) is 0 Å². The Morgan fingerprint density at radius 3 is 2.75 bits per heavy atom. The Labute approximate surface area is 185 Å². The summed E-state index contributed by atoms with van der Waals surface area (Å²) < 4.78 is 11.2. The fourth-order valence-electron chi connectivity index (χ4n) is 3.11. The zero-order valence-electron chi connectivity index (χ0n) is 17.2. The van der Waals surface area contributed by atoms with Crippen LogP contribution >= 0.6 is 24.0 Å². The second-order valence-electron chi connectivity index (χ2n) is 7.95. The summed E-state index contributed by atoms with van der Waals surface area (Å²) in [4.78, 5) is 11.1. The number of aliphatic imine (C=N–C) groups is 1. The van der Waals surface area contributed by atoms with Gasteiger partial charge in [0.1, 0.15) is 0 Å². The first-order chi connectivity index (χ1) is 13.1. The molecule has 1 aliphatic carbocycles. The van der Waals surface area contributed by atoms with Crippen molar-refractivity contribution < 1.29 is 9.47 Å². The van der Waals surface area contributed by atoms with Crippen LogP contribution in [0.4, 0.5) is 0 Å². The van der Waals surface area contributed by atoms with Gasteiger partial charge in [-0.15, -0.1) is 24.0 Å². The third-order valence-corrected chi connectivity index (χ3v) is 5.20. The second kappa shape index (κ2) is 11.2. The zero-order chi connectivity index (χ0) is 19.1. The molecule has 7 nitrogen and oxygen atoms in total. The number of guanidine groups is 1. The van der Waals surface area contributed by atoms with E-state index in [2.05, 4.69) is 39.4 Å². The molecule has 28 heavy (non-hydrogen) atoms. The van der Waals surface area contributed by atoms with E-state index >= 15 is 0 Å². The van der Waals surface area contributed by atoms with Crippen LogP contribution in [0.15, 0.2) is 23.3 Å². The van der Waals surface area contributed by atoms with Crippen LogP contribution in [-0.4, -0.2) is 67.9 Å². The van der Waals surface area contributed by atoms with E-state index in [1.165, 1.54) is 12.8 Å². The molecule has 3 rings (SSSR count). The number of nitrogens with zero attached hydrogens (tertiary/aromatic N) is 3. The molecule has 0 bridgehead atoms. The zero-order valence-corrected chi connectivity index (χ0v) is 19.6. The topological polar surface area (TPSA) is 71.0 Å². The number of hydrogen-bond acceptors (Lipinski definition) is 5. The molecule has 1 saturated carbocycles. The van der Waals surface area contributed by atoms with Gasteiger partial charge >= 0.3 is 0 Å². The average molecular weight is 503 g/mol. The van der Waals surface area contributed by atoms with E-state index in [0.717, 1.165) is 56.9 Å². The molecular weight excluding hydrogens is 469 g/mol. The van der Waals surface area contributed by atoms with Crippen LogP contribution in [0.3, 0.4) is 0 Å². The van der Waals surface area contributed by atoms with Crippen LogP contribution in [0.25, 0.3) is 0 Å². The van der Waals surface area contributed by atoms with Crippen molar-refractivity contribution in [2.45, 2.75) is 38.8 Å². The first-order valence-electron chi connectivity index (χ1n) is 9.92. The molecule has 1 aromatic rings. The van der Waals surface area contributed by atoms with Crippen molar-refractivity contribution in [3.05, 3.63) is 23.9 Å². The minimum absolute atomic E-state index is 0. The lowest BCUT2D eigenvalue weighted by molar-refractivity contribution is -0.00834. The fraction of sp³-hybridized carbons (Fsp3) is 0.700. The maximum atomic E-state index is 5.76. The van der Waals surface area contributed by atoms with E-state index in [1.54, 1.807) is 13.2 Å². The largest absolute Gasteiger partial charge is 0.477 e. The Bertz CT molecular complexity index is 631. The van der Waals surface area contributed by atoms with Gasteiger partial charge in [-0.1, -0.05) is 0 Å². The van der Waals surface area contributed by atoms with Crippen molar-refractivity contribution in [1.29, 1.82) is 0 Å². The van der Waals surface area contributed by atoms with E-state index in [1.807, 2.05) is 12.1 Å². The molecule has 0 radical (unpaired) electrons. The first kappa shape index (κ1) is 23.2. The number of hydrogen-bond donors (Lipinski definition) is 2. The van der Waals surface area contributed by atoms with Crippen LogP contribution < -0.4 is 15.4 Å². The maximum Gasteiger partial charge on any atom is 0.213 e. The summed E-state index contributed by atoms with van der Waals surface area (Å²) in [5.74, 6) is 2.23. The van der Waals surface area contributed by atoms with Gasteiger partial charge in [-0.05, 0) is 44.2 Å². The molecule has 0 aromatic carbocycles. The number of nitrogens with one attached hydrogen (secondary N) is 2. The normalized spacial score (nSPS) is 18.3. The number of ether oxygens (including phenoxy) is 2. The van der Waals surface area contributed by atoms with Crippen molar-refractivity contribution in [2.24, 2.45) is 10.9 Å². The predicted octanol–water partition coefficient (Wildman–Crippen LogP) is 2.26. The first-order valence-corrected chi connectivity index (χ1v) is 9.92. The predicted molar refractivity (Wildman–Crippen MR) is 123 cm³/mol. The third-order valence-electron chi connectivity index (χ3n) is 5.20. The molecule has 0 spiro atoms. The molecular formula is C20H34IN5O2. The van der Waals surface area contributed by atoms with Gasteiger partial charge in [-0.2, -0.15) is 0 Å². The Morgan fingerprint density at radius 1 is 1.32 bits per heavy atom. The lowest BCUT2D eigenvalue weighted by atomic mass is 10.0. The van der Waals surface area contributed by atoms with Crippen LogP contribution in [0.5, 0.6) is 5.88 Å². The Balaban J connectivity index is 0.00000280. The molecule has 2 fully saturated rings. The molecule has 2 aliphatic rings. The molecule has 0 unspecified atom stereocenters. The molecule has 2 heterocycles. The van der Waals surface area contributed by atoms with E-state index in [-0.39, 0.29) is 29.5 Å². The quantitative estimate of drug-likeness (QED) is 0.322. The summed E-state index contributed by atoms with van der Waals surface area (Å²) in [5, 5.41) is 6.83. The number of morpholine rings is 1. The summed E-state index contributed by atoms with van der Waals surface area (Å²) in [6.07, 6.45) is 4.37. The highest BCUT2D eigenvalue weighted by Crippen LogP contribution is 2.29. The highest BCUT2D eigenvalue weighted by atomic mass is 127. The summed E-state index contributed by atoms with van der Waals surface area (Å²) >= 11 is 0. The Hall–Kier alpha value is -1.13. The van der Waals surface area contributed by atoms with Gasteiger partial charge in [0.25, 0.3) is 0 Å². The molecule has 1 aromatic heterocycles. The van der Waals surface area contributed by atoms with Crippen molar-refractivity contribution >= 4 is 29.9 Å². The molecule has 0 amide bonds. The van der Waals surface area contributed by atoms with Crippen molar-refractivity contribution in [3.63, 3.8) is 0 Å². The van der Waals surface area contributed by atoms with Gasteiger partial charge in [-0.3, -0.25) is 9.89 Å². The van der Waals surface area contributed by atoms with Gasteiger partial charge in [0.15, 0.2) is 5.96 Å². The van der Waals surface area contributed by atoms with Gasteiger partial charge in [-0.25, -0.2) is 4.98 Å². The van der Waals surface area contributed by atoms with E-state index in [9.17, 15) is 0 Å². The summed E-state index contributed by atoms with van der Waals surface area (Å²) in [5.41, 5.74) is 1.17. The van der Waals surface area contributed by atoms with Gasteiger partial charge in [0.2, 0.25) is 5.88 Å². The van der Waals surface area contributed by atoms with E-state index in [0.29, 0.717) is 12.4 Å². The van der Waals surface area contributed by atoms with Crippen LogP contribution in [0.1, 0.15) is 32.3 Å². The smallest absolute Gasteiger partial charge is 0.213 e. The molecule has 8 heteroatoms. The van der Waals surface area contributed by atoms with Crippen LogP contribution in [0, 0.1) is 5.92 Å². The number of aromatic nitrogens is 1. The molecule has 0 atom stereocenters. The van der Waals surface area contributed by atoms with Crippen molar-refractivity contribution in [2.75, 3.05) is 46.5 Å². The van der Waals surface area contributed by atoms with Gasteiger partial charge in [0.05, 0.1) is 19.8 Å². The summed E-state index contributed by atoms with van der Waals surface area (Å²) in [7, 11) is 1.80. The molecule has 1 aliphatic heterocycles. The minimum atomic E-state index is 0. The van der Waals surface area contributed by atoms with E-state index < -0.39 is 0 Å². The summed E-state index contributed by atoms with van der Waals surface area (Å²) in [6.45, 7) is 10.4. The van der Waals surface area contributed by atoms with Crippen molar-refractivity contribution in [3.8, 4) is 5.88 Å². The van der Waals surface area contributed by atoms with Crippen LogP contribution in [-0.2, 0) is 11.3 Å². The number of rotatable bonds is 8. The lowest BCUT2D eigenvalue weighted by Crippen LogP contribution is -2.56. The fourth-order valence-corrected chi connectivity index (χ4v) is 3.11.